The van der Waals surface area contributed by atoms with Gasteiger partial charge < -0.3 is 23.8 Å². The number of esters is 1. The second kappa shape index (κ2) is 14.4. The SMILES string of the molecule is C[C@H]1CC/C=C\[C@@H]2C[C@@]2(C(=O)NS(=O)(=O)C2CC2)CC(=O)[C@@H]2C[C@@H](Oc3nccc4c5c(ccc34)OC(F)(F)O5)CN2C(=O)[C@@H](CC(=O)OC2C[C@@H]3C[C@@H]3C2)[C@H](C)C1. The van der Waals surface area contributed by atoms with E-state index in [4.69, 9.17) is 14.2 Å². The van der Waals surface area contributed by atoms with Crippen molar-refractivity contribution in [1.82, 2.24) is 14.6 Å². The third-order valence-electron chi connectivity index (χ3n) is 13.6. The van der Waals surface area contributed by atoms with Crippen LogP contribution in [0.4, 0.5) is 8.78 Å². The predicted molar refractivity (Wildman–Crippen MR) is 203 cm³/mol. The van der Waals surface area contributed by atoms with Crippen molar-refractivity contribution < 1.29 is 55.3 Å². The van der Waals surface area contributed by atoms with Gasteiger partial charge in [0.2, 0.25) is 27.7 Å². The van der Waals surface area contributed by atoms with Crippen LogP contribution in [0.3, 0.4) is 0 Å². The van der Waals surface area contributed by atoms with Gasteiger partial charge in [0.15, 0.2) is 17.3 Å². The number of Topliss-reactive ketones (excluding diaryl/α,β-unsaturated/α-hetero) is 1. The number of benzene rings is 1. The van der Waals surface area contributed by atoms with Gasteiger partial charge in [-0.05, 0) is 106 Å². The summed E-state index contributed by atoms with van der Waals surface area (Å²) in [6.07, 6.45) is 6.19. The van der Waals surface area contributed by atoms with Gasteiger partial charge >= 0.3 is 12.3 Å². The standard InChI is InChI=1S/C42H49F2N3O10S/c1-22-5-3-4-6-26-19-41(26,40(51)46-58(52,53)29-7-8-29)20-34(48)33-17-28(55-38-31-9-10-35-37(30(31)11-12-45-38)57-42(43,44)56-35)21-47(33)39(50)32(23(2)13-22)18-36(49)54-27-15-24-14-25(24)16-27/h4,6,9-12,22-29,32-33H,3,5,7-8,13-21H2,1-2H3,(H,46,51)/b6-4-/t22-,23+,24-,25+,26+,27?,28+,32-,33-,41+/m0/s1. The number of nitrogens with one attached hydrogen (secondary N) is 1. The van der Waals surface area contributed by atoms with Gasteiger partial charge in [0.1, 0.15) is 12.2 Å². The number of hydrogen-bond donors (Lipinski definition) is 1. The summed E-state index contributed by atoms with van der Waals surface area (Å²) < 4.78 is 78.0. The van der Waals surface area contributed by atoms with Crippen molar-refractivity contribution in [2.24, 2.45) is 40.9 Å². The smallest absolute Gasteiger partial charge is 0.472 e. The number of allylic oxidation sites excluding steroid dienone is 2. The lowest BCUT2D eigenvalue weighted by Gasteiger charge is -2.32. The fraction of sp³-hybridized carbons (Fsp3) is 0.643. The molecule has 1 N–H and O–H groups in total. The number of fused-ring (bicyclic) bond motifs is 6. The molecule has 4 heterocycles. The number of pyridine rings is 1. The van der Waals surface area contributed by atoms with Gasteiger partial charge in [0, 0.05) is 29.8 Å². The molecule has 2 aromatic rings. The first-order chi connectivity index (χ1) is 27.6. The number of alkyl halides is 2. The number of halogens is 2. The number of amides is 2. The second-order valence-corrected chi connectivity index (χ2v) is 20.0. The van der Waals surface area contributed by atoms with Gasteiger partial charge in [-0.2, -0.15) is 0 Å². The molecule has 0 bridgehead atoms. The van der Waals surface area contributed by atoms with Crippen LogP contribution in [0.1, 0.15) is 90.9 Å². The lowest BCUT2D eigenvalue weighted by molar-refractivity contribution is -0.286. The van der Waals surface area contributed by atoms with Crippen LogP contribution in [0.25, 0.3) is 10.8 Å². The van der Waals surface area contributed by atoms with Crippen LogP contribution in [0.2, 0.25) is 0 Å². The Morgan fingerprint density at radius 2 is 1.76 bits per heavy atom. The highest BCUT2D eigenvalue weighted by Crippen LogP contribution is 2.58. The van der Waals surface area contributed by atoms with Crippen molar-refractivity contribution in [1.29, 1.82) is 0 Å². The molecular formula is C42H49F2N3O10S. The molecule has 16 heteroatoms. The molecule has 0 radical (unpaired) electrons. The minimum absolute atomic E-state index is 0.0106. The number of ether oxygens (including phenoxy) is 4. The lowest BCUT2D eigenvalue weighted by Crippen LogP contribution is -2.47. The van der Waals surface area contributed by atoms with Gasteiger partial charge in [-0.25, -0.2) is 13.4 Å². The van der Waals surface area contributed by atoms with Crippen molar-refractivity contribution >= 4 is 44.4 Å². The quantitative estimate of drug-likeness (QED) is 0.251. The first-order valence-electron chi connectivity index (χ1n) is 20.7. The van der Waals surface area contributed by atoms with Crippen LogP contribution in [-0.4, -0.2) is 78.2 Å². The topological polar surface area (TPSA) is 168 Å². The van der Waals surface area contributed by atoms with E-state index in [1.54, 1.807) is 0 Å². The van der Waals surface area contributed by atoms with E-state index in [1.807, 2.05) is 19.1 Å². The van der Waals surface area contributed by atoms with Gasteiger partial charge in [-0.3, -0.25) is 23.9 Å². The summed E-state index contributed by atoms with van der Waals surface area (Å²) in [5.74, 6) is -2.30. The molecule has 1 aromatic heterocycles. The summed E-state index contributed by atoms with van der Waals surface area (Å²) in [7, 11) is -3.90. The number of ketones is 1. The van der Waals surface area contributed by atoms with Crippen molar-refractivity contribution in [2.75, 3.05) is 6.54 Å². The Morgan fingerprint density at radius 3 is 2.52 bits per heavy atom. The fourth-order valence-corrected chi connectivity index (χ4v) is 11.4. The van der Waals surface area contributed by atoms with Crippen LogP contribution < -0.4 is 18.9 Å². The van der Waals surface area contributed by atoms with Crippen LogP contribution in [-0.2, 0) is 33.9 Å². The molecule has 9 rings (SSSR count). The highest BCUT2D eigenvalue weighted by molar-refractivity contribution is 7.90. The Hall–Kier alpha value is -4.34. The Kier molecular flexibility index (Phi) is 9.74. The van der Waals surface area contributed by atoms with Crippen LogP contribution in [0.15, 0.2) is 36.5 Å². The molecule has 312 valence electrons. The molecule has 1 unspecified atom stereocenters. The Morgan fingerprint density at radius 1 is 0.983 bits per heavy atom. The number of rotatable bonds is 8. The molecule has 3 aliphatic heterocycles. The lowest BCUT2D eigenvalue weighted by atomic mass is 9.82. The minimum atomic E-state index is -3.90. The van der Waals surface area contributed by atoms with Gasteiger partial charge in [0.05, 0.1) is 35.6 Å². The van der Waals surface area contributed by atoms with Crippen LogP contribution >= 0.6 is 0 Å². The summed E-state index contributed by atoms with van der Waals surface area (Å²) in [4.78, 5) is 62.9. The number of carbonyl (C=O) groups is 4. The van der Waals surface area contributed by atoms with E-state index in [0.717, 1.165) is 19.3 Å². The molecule has 4 aliphatic carbocycles. The van der Waals surface area contributed by atoms with Crippen LogP contribution in [0.5, 0.6) is 17.4 Å². The average molecular weight is 826 g/mol. The zero-order chi connectivity index (χ0) is 40.7. The van der Waals surface area contributed by atoms with Crippen molar-refractivity contribution in [3.05, 3.63) is 36.5 Å². The maximum absolute atomic E-state index is 15.0. The van der Waals surface area contributed by atoms with E-state index in [2.05, 4.69) is 21.4 Å². The van der Waals surface area contributed by atoms with Gasteiger partial charge in [-0.15, -0.1) is 8.78 Å². The summed E-state index contributed by atoms with van der Waals surface area (Å²) in [6.45, 7) is 3.99. The van der Waals surface area contributed by atoms with E-state index < -0.39 is 68.6 Å². The normalized spacial score (nSPS) is 35.9. The predicted octanol–water partition coefficient (Wildman–Crippen LogP) is 5.84. The monoisotopic (exact) mass is 825 g/mol. The number of hydrogen-bond acceptors (Lipinski definition) is 11. The molecule has 4 saturated carbocycles. The largest absolute Gasteiger partial charge is 0.586 e. The third-order valence-corrected chi connectivity index (χ3v) is 15.4. The molecule has 5 fully saturated rings. The highest BCUT2D eigenvalue weighted by atomic mass is 32.2. The molecule has 7 aliphatic rings. The summed E-state index contributed by atoms with van der Waals surface area (Å²) >= 11 is 0. The Labute approximate surface area is 335 Å². The Bertz CT molecular complexity index is 2170. The van der Waals surface area contributed by atoms with Crippen molar-refractivity contribution in [2.45, 2.75) is 121 Å². The third kappa shape index (κ3) is 7.65. The number of nitrogens with zero attached hydrogens (tertiary/aromatic N) is 2. The summed E-state index contributed by atoms with van der Waals surface area (Å²) in [5.41, 5.74) is -1.31. The van der Waals surface area contributed by atoms with Crippen LogP contribution in [0, 0.1) is 40.9 Å². The first kappa shape index (κ1) is 39.1. The van der Waals surface area contributed by atoms with E-state index in [0.29, 0.717) is 42.9 Å². The number of sulfonamides is 1. The maximum atomic E-state index is 15.0. The minimum Gasteiger partial charge on any atom is -0.472 e. The second-order valence-electron chi connectivity index (χ2n) is 18.0. The zero-order valence-electron chi connectivity index (χ0n) is 32.6. The van der Waals surface area contributed by atoms with Crippen molar-refractivity contribution in [3.8, 4) is 17.4 Å². The van der Waals surface area contributed by atoms with Gasteiger partial charge in [-0.1, -0.05) is 26.0 Å². The Balaban J connectivity index is 1.02. The van der Waals surface area contributed by atoms with E-state index in [-0.39, 0.29) is 78.9 Å². The average Bonchev–Trinajstić information content (AvgIpc) is 4.12. The van der Waals surface area contributed by atoms with E-state index in [1.165, 1.54) is 35.7 Å². The zero-order valence-corrected chi connectivity index (χ0v) is 33.4. The molecule has 2 amide bonds. The summed E-state index contributed by atoms with van der Waals surface area (Å²) in [5, 5.41) is -0.0228. The van der Waals surface area contributed by atoms with Gasteiger partial charge in [0.25, 0.3) is 0 Å². The molecule has 10 atom stereocenters. The van der Waals surface area contributed by atoms with E-state index in [9.17, 15) is 36.4 Å². The number of carbonyl (C=O) groups excluding carboxylic acids is 4. The number of aromatic nitrogens is 1. The summed E-state index contributed by atoms with van der Waals surface area (Å²) in [6, 6.07) is 3.26. The highest BCUT2D eigenvalue weighted by Gasteiger charge is 2.62. The molecule has 13 nitrogen and oxygen atoms in total. The van der Waals surface area contributed by atoms with Crippen molar-refractivity contribution in [3.63, 3.8) is 0 Å². The molecular weight excluding hydrogens is 777 g/mol. The first-order valence-corrected chi connectivity index (χ1v) is 22.2. The molecule has 1 saturated heterocycles. The molecule has 58 heavy (non-hydrogen) atoms. The molecule has 1 aromatic carbocycles. The van der Waals surface area contributed by atoms with E-state index >= 15 is 0 Å². The molecule has 0 spiro atoms. The maximum Gasteiger partial charge on any atom is 0.586 e. The fourth-order valence-electron chi connectivity index (χ4n) is 10.0.